The molecule has 3 amide bonds. The Bertz CT molecular complexity index is 5050. The number of aromatic amines is 1. The summed E-state index contributed by atoms with van der Waals surface area (Å²) in [6.45, 7) is 6.31. The first-order chi connectivity index (χ1) is 56.3. The Hall–Kier alpha value is -12.2. The second-order valence-electron chi connectivity index (χ2n) is 26.2. The van der Waals surface area contributed by atoms with E-state index in [1.807, 2.05) is 205 Å². The van der Waals surface area contributed by atoms with Gasteiger partial charge >= 0.3 is 24.5 Å². The molecule has 0 bridgehead atoms. The van der Waals surface area contributed by atoms with Gasteiger partial charge in [-0.25, -0.2) is 29.1 Å². The van der Waals surface area contributed by atoms with Crippen molar-refractivity contribution in [2.45, 2.75) is 88.0 Å². The highest BCUT2D eigenvalue weighted by molar-refractivity contribution is 6.30. The molecule has 118 heavy (non-hydrogen) atoms. The van der Waals surface area contributed by atoms with E-state index in [-0.39, 0.29) is 49.6 Å². The van der Waals surface area contributed by atoms with Crippen molar-refractivity contribution in [2.75, 3.05) is 73.3 Å². The average Bonchev–Trinajstić information content (AvgIpc) is 1.56. The number of benzene rings is 5. The number of carbonyl (C=O) groups excluding carboxylic acids is 5. The van der Waals surface area contributed by atoms with Crippen LogP contribution < -0.4 is 36.1 Å². The van der Waals surface area contributed by atoms with Crippen molar-refractivity contribution in [1.29, 1.82) is 0 Å². The molecule has 0 saturated carbocycles. The molecule has 6 aromatic heterocycles. The number of alkyl halides is 10. The number of methoxy groups -OCH3 is 2. The Morgan fingerprint density at radius 3 is 1.17 bits per heavy atom. The SMILES string of the molecule is COc1ccc(Cn2ncc3c4c(cnc32)CN(C(=O)C(Cl)c2ccccc2)CC4)cc1.COc1ccc(Cn2ncc3c4c(cnc32)CN(C(=O)C([NH2+]CCO)c2ccccc2)CC4)cc1.NCCO.O=C(C([NH2+]CCO)c1ccccc1)N1CCc2c(cnc3[nH]ncc23)C1.O=C(O)C(F)(F)F.O=C([O-])C(F)(F)F.O=C([O-])C(F)(F)F. The van der Waals surface area contributed by atoms with Crippen LogP contribution in [0.15, 0.2) is 177 Å². The van der Waals surface area contributed by atoms with Gasteiger partial charge in [-0.1, -0.05) is 115 Å². The van der Waals surface area contributed by atoms with Gasteiger partial charge < -0.3 is 80.8 Å². The van der Waals surface area contributed by atoms with Gasteiger partial charge in [-0.05, 0) is 93.6 Å². The third-order valence-corrected chi connectivity index (χ3v) is 18.8. The molecular weight excluding hydrogens is 1590 g/mol. The number of H-pyrrole nitrogens is 1. The lowest BCUT2D eigenvalue weighted by atomic mass is 9.97. The zero-order valence-electron chi connectivity index (χ0n) is 63.3. The maximum absolute atomic E-state index is 13.5. The predicted molar refractivity (Wildman–Crippen MR) is 404 cm³/mol. The average molecular weight is 1670 g/mol. The van der Waals surface area contributed by atoms with E-state index in [9.17, 15) is 64.1 Å². The van der Waals surface area contributed by atoms with Crippen LogP contribution in [0.2, 0.25) is 0 Å². The highest BCUT2D eigenvalue weighted by atomic mass is 35.5. The van der Waals surface area contributed by atoms with Crippen LogP contribution in [0.1, 0.15) is 78.7 Å². The van der Waals surface area contributed by atoms with Crippen molar-refractivity contribution in [1.82, 2.24) is 59.4 Å². The minimum absolute atomic E-state index is 0.0296. The number of halogens is 10. The number of rotatable bonds is 19. The minimum atomic E-state index is -5.19. The topological polar surface area (TPSA) is 420 Å². The van der Waals surface area contributed by atoms with Gasteiger partial charge in [-0.15, -0.1) is 11.6 Å². The minimum Gasteiger partial charge on any atom is -0.542 e. The fourth-order valence-corrected chi connectivity index (χ4v) is 12.9. The number of ether oxygens (including phenoxy) is 2. The molecule has 14 rings (SSSR count). The van der Waals surface area contributed by atoms with Gasteiger partial charge in [0.25, 0.3) is 11.8 Å². The van der Waals surface area contributed by atoms with Gasteiger partial charge in [-0.3, -0.25) is 19.5 Å². The fraction of sp³-hybridized carbons (Fsp3) is 0.316. The number of amides is 3. The summed E-state index contributed by atoms with van der Waals surface area (Å²) in [7, 11) is 3.32. The number of hydrogen-bond acceptors (Lipinski definition) is 20. The van der Waals surface area contributed by atoms with Crippen molar-refractivity contribution in [3.05, 3.63) is 238 Å². The summed E-state index contributed by atoms with van der Waals surface area (Å²) in [6.07, 6.45) is -1.98. The molecule has 5 aromatic carbocycles. The molecule has 0 spiro atoms. The van der Waals surface area contributed by atoms with Crippen LogP contribution in [0.4, 0.5) is 39.5 Å². The smallest absolute Gasteiger partial charge is 0.490 e. The maximum atomic E-state index is 13.5. The summed E-state index contributed by atoms with van der Waals surface area (Å²) in [5.74, 6) is -7.05. The number of nitrogens with zero attached hydrogens (tertiary/aromatic N) is 11. The number of aliphatic carboxylic acids is 3. The Balaban J connectivity index is 0.000000193. The molecule has 29 nitrogen and oxygen atoms in total. The van der Waals surface area contributed by atoms with Crippen molar-refractivity contribution in [3.8, 4) is 11.5 Å². The zero-order chi connectivity index (χ0) is 85.9. The lowest BCUT2D eigenvalue weighted by Crippen LogP contribution is -2.88. The Morgan fingerprint density at radius 1 is 0.500 bits per heavy atom. The number of fused-ring (bicyclic) bond motifs is 9. The van der Waals surface area contributed by atoms with Crippen LogP contribution in [0.3, 0.4) is 0 Å². The van der Waals surface area contributed by atoms with Gasteiger partial charge in [0.2, 0.25) is 5.91 Å². The van der Waals surface area contributed by atoms with Gasteiger partial charge in [0, 0.05) is 91.7 Å². The summed E-state index contributed by atoms with van der Waals surface area (Å²) < 4.78 is 109. The Labute approximate surface area is 672 Å². The summed E-state index contributed by atoms with van der Waals surface area (Å²) >= 11 is 6.48. The number of carboxylic acids is 3. The molecular formula is C79H83ClF9N15O14. The fourth-order valence-electron chi connectivity index (χ4n) is 12.6. The van der Waals surface area contributed by atoms with Crippen molar-refractivity contribution in [3.63, 3.8) is 0 Å². The summed E-state index contributed by atoms with van der Waals surface area (Å²) in [6, 6.07) is 44.2. The lowest BCUT2D eigenvalue weighted by molar-refractivity contribution is -0.684. The normalized spacial score (nSPS) is 13.6. The van der Waals surface area contributed by atoms with Crippen molar-refractivity contribution >= 4 is 80.3 Å². The van der Waals surface area contributed by atoms with E-state index in [4.69, 9.17) is 66.6 Å². The summed E-state index contributed by atoms with van der Waals surface area (Å²) in [5, 5.41) is 73.4. The number of carboxylic acid groups (broad SMARTS) is 3. The quantitative estimate of drug-likeness (QED) is 0.0412. The van der Waals surface area contributed by atoms with Crippen molar-refractivity contribution < 1.29 is 119 Å². The molecule has 11 aromatic rings. The largest absolute Gasteiger partial charge is 0.542 e. The summed E-state index contributed by atoms with van der Waals surface area (Å²) in [5.41, 5.74) is 19.1. The number of hydrogen-bond donors (Lipinski definition) is 8. The first-order valence-corrected chi connectivity index (χ1v) is 36.7. The van der Waals surface area contributed by atoms with Crippen LogP contribution in [0.25, 0.3) is 33.1 Å². The third-order valence-electron chi connectivity index (χ3n) is 18.4. The Morgan fingerprint density at radius 2 is 0.839 bits per heavy atom. The standard InChI is InChI=1S/C27H29N5O3.C25H23ClN4O2.C19H21N5O2.3C2HF3O2.C2H7NO/c1-35-22-9-7-19(8-10-22)17-32-26-24(16-30-32)23-11-13-31(18-21(23)15-29-26)27(34)25(28-12-14-33)20-5-3-2-4-6-20;1-32-20-9-7-17(8-10-20)15-30-24-22(14-28-30)21-11-12-29(16-19(21)13-27-24)25(31)23(26)18-5-3-2-4-6-18;25-9-7-20-17(13-4-2-1-3-5-13)19(26)24-8-6-15-14(12-24)10-21-18-16(15)11-22-23-18;3*3-2(4,5)1(6)7;3-1-2-4/h2-10,15-16,25,28,33H,11-14,17-18H2,1H3;2-10,13-14,23H,11-12,15-16H2,1H3;1-5,10-11,17,20,25H,6-9,12H2,(H,21,22,23);3*(H,6,7);4H,1-3H2. The highest BCUT2D eigenvalue weighted by Crippen LogP contribution is 2.33. The molecule has 0 saturated heterocycles. The molecule has 0 aliphatic carbocycles. The van der Waals surface area contributed by atoms with Crippen molar-refractivity contribution in [2.24, 2.45) is 5.73 Å². The van der Waals surface area contributed by atoms with Crippen LogP contribution in [-0.2, 0) is 80.8 Å². The molecule has 0 fully saturated rings. The number of nitrogens with two attached hydrogens (primary N) is 3. The van der Waals surface area contributed by atoms with Gasteiger partial charge in [-0.2, -0.15) is 54.8 Å². The molecule has 0 radical (unpaired) electrons. The second-order valence-corrected chi connectivity index (χ2v) is 26.6. The van der Waals surface area contributed by atoms with Gasteiger partial charge in [0.15, 0.2) is 29.0 Å². The molecule has 11 N–H and O–H groups in total. The monoisotopic (exact) mass is 1670 g/mol. The van der Waals surface area contributed by atoms with E-state index in [2.05, 4.69) is 30.4 Å². The van der Waals surface area contributed by atoms with Crippen LogP contribution in [0.5, 0.6) is 11.5 Å². The van der Waals surface area contributed by atoms with E-state index in [1.165, 1.54) is 16.7 Å². The van der Waals surface area contributed by atoms with E-state index < -0.39 is 41.8 Å². The summed E-state index contributed by atoms with van der Waals surface area (Å²) in [4.78, 5) is 85.6. The molecule has 9 heterocycles. The van der Waals surface area contributed by atoms with Crippen LogP contribution >= 0.6 is 11.6 Å². The van der Waals surface area contributed by atoms with E-state index in [0.29, 0.717) is 72.0 Å². The van der Waals surface area contributed by atoms with Gasteiger partial charge in [0.1, 0.15) is 28.8 Å². The number of carbonyl (C=O) groups is 6. The maximum Gasteiger partial charge on any atom is 0.490 e. The van der Waals surface area contributed by atoms with Gasteiger partial charge in [0.05, 0.1) is 78.8 Å². The second kappa shape index (κ2) is 43.1. The van der Waals surface area contributed by atoms with E-state index >= 15 is 0 Å². The first-order valence-electron chi connectivity index (χ1n) is 36.2. The van der Waals surface area contributed by atoms with E-state index in [0.717, 1.165) is 108 Å². The lowest BCUT2D eigenvalue weighted by Gasteiger charge is -2.31. The molecule has 3 unspecified atom stereocenters. The number of quaternary nitrogens is 2. The first kappa shape index (κ1) is 91.3. The highest BCUT2D eigenvalue weighted by Gasteiger charge is 2.39. The predicted octanol–water partition coefficient (Wildman–Crippen LogP) is 4.33. The number of aliphatic hydroxyl groups excluding tert-OH is 3. The molecule has 628 valence electrons. The molecule has 3 atom stereocenters. The number of nitrogens with one attached hydrogen (secondary N) is 1. The van der Waals surface area contributed by atoms with E-state index in [1.54, 1.807) is 20.4 Å². The van der Waals surface area contributed by atoms with Crippen LogP contribution in [0, 0.1) is 0 Å². The third kappa shape index (κ3) is 25.2. The Kier molecular flexibility index (Phi) is 33.4. The molecule has 3 aliphatic heterocycles. The number of aliphatic hydroxyl groups is 3. The number of pyridine rings is 3. The zero-order valence-corrected chi connectivity index (χ0v) is 64.1. The van der Waals surface area contributed by atoms with Crippen LogP contribution in [-0.4, -0.2) is 207 Å². The number of aromatic nitrogens is 9. The molecule has 39 heteroatoms. The molecule has 3 aliphatic rings.